The van der Waals surface area contributed by atoms with E-state index in [0.29, 0.717) is 12.1 Å². The third-order valence-electron chi connectivity index (χ3n) is 5.47. The van der Waals surface area contributed by atoms with E-state index in [1.807, 2.05) is 0 Å². The van der Waals surface area contributed by atoms with E-state index in [4.69, 9.17) is 22.3 Å². The molecule has 0 aliphatic carbocycles. The molecule has 0 saturated carbocycles. The van der Waals surface area contributed by atoms with Gasteiger partial charge < -0.3 is 48.3 Å². The molecule has 1 heterocycles. The van der Waals surface area contributed by atoms with Crippen LogP contribution in [0.3, 0.4) is 0 Å². The van der Waals surface area contributed by atoms with Crippen molar-refractivity contribution in [1.29, 1.82) is 0 Å². The molecule has 0 aliphatic heterocycles. The van der Waals surface area contributed by atoms with Gasteiger partial charge in [0, 0.05) is 31.3 Å². The first-order valence-corrected chi connectivity index (χ1v) is 12.0. The Morgan fingerprint density at radius 3 is 2.11 bits per heavy atom. The van der Waals surface area contributed by atoms with Gasteiger partial charge in [0.15, 0.2) is 5.96 Å². The normalized spacial score (nSPS) is 14.0. The number of carboxylic acids is 2. The van der Waals surface area contributed by atoms with E-state index in [1.165, 1.54) is 12.5 Å². The molecule has 0 radical (unpaired) electrons. The number of amides is 3. The topological polar surface area (TPSA) is 281 Å². The highest BCUT2D eigenvalue weighted by atomic mass is 16.4. The zero-order chi connectivity index (χ0) is 28.8. The summed E-state index contributed by atoms with van der Waals surface area (Å²) in [6.45, 7) is 3.66. The summed E-state index contributed by atoms with van der Waals surface area (Å²) in [5, 5.41) is 25.6. The van der Waals surface area contributed by atoms with E-state index < -0.39 is 60.2 Å². The number of aliphatic imine (C=N–C) groups is 1. The highest BCUT2D eigenvalue weighted by molar-refractivity contribution is 5.94. The maximum Gasteiger partial charge on any atom is 0.326 e. The molecule has 0 spiro atoms. The third-order valence-corrected chi connectivity index (χ3v) is 5.47. The summed E-state index contributed by atoms with van der Waals surface area (Å²) >= 11 is 0. The van der Waals surface area contributed by atoms with Crippen LogP contribution in [-0.2, 0) is 30.4 Å². The van der Waals surface area contributed by atoms with Crippen LogP contribution >= 0.6 is 0 Å². The Morgan fingerprint density at radius 2 is 1.58 bits per heavy atom. The maximum absolute atomic E-state index is 13.2. The molecule has 3 amide bonds. The first-order chi connectivity index (χ1) is 17.8. The first kappa shape index (κ1) is 31.8. The lowest BCUT2D eigenvalue weighted by Gasteiger charge is -2.25. The van der Waals surface area contributed by atoms with Crippen LogP contribution in [-0.4, -0.2) is 86.5 Å². The van der Waals surface area contributed by atoms with Gasteiger partial charge in [-0.05, 0) is 25.2 Å². The summed E-state index contributed by atoms with van der Waals surface area (Å²) < 4.78 is 0. The number of aliphatic carboxylic acids is 2. The number of carboxylic acid groups (broad SMARTS) is 2. The molecule has 4 atom stereocenters. The Hall–Kier alpha value is -4.21. The molecule has 212 valence electrons. The van der Waals surface area contributed by atoms with Gasteiger partial charge in [0.25, 0.3) is 0 Å². The largest absolute Gasteiger partial charge is 0.481 e. The first-order valence-electron chi connectivity index (χ1n) is 12.0. The van der Waals surface area contributed by atoms with Crippen LogP contribution in [0.25, 0.3) is 0 Å². The highest BCUT2D eigenvalue weighted by Gasteiger charge is 2.31. The van der Waals surface area contributed by atoms with Crippen molar-refractivity contribution in [2.24, 2.45) is 28.1 Å². The minimum Gasteiger partial charge on any atom is -0.481 e. The molecule has 0 aliphatic rings. The number of nitrogens with zero attached hydrogens (tertiary/aromatic N) is 2. The zero-order valence-electron chi connectivity index (χ0n) is 21.3. The van der Waals surface area contributed by atoms with E-state index in [9.17, 15) is 29.1 Å². The molecule has 38 heavy (non-hydrogen) atoms. The summed E-state index contributed by atoms with van der Waals surface area (Å²) in [7, 11) is 0. The molecule has 1 rings (SSSR count). The molecule has 1 aromatic rings. The molecule has 16 heteroatoms. The number of nitrogens with two attached hydrogens (primary N) is 3. The molecule has 0 fully saturated rings. The van der Waals surface area contributed by atoms with Crippen molar-refractivity contribution >= 4 is 35.6 Å². The van der Waals surface area contributed by atoms with E-state index >= 15 is 0 Å². The number of rotatable bonds is 17. The highest BCUT2D eigenvalue weighted by Crippen LogP contribution is 2.07. The van der Waals surface area contributed by atoms with Gasteiger partial charge in [0.2, 0.25) is 17.7 Å². The molecule has 0 aromatic carbocycles. The molecular formula is C22H37N9O7. The second-order valence-corrected chi connectivity index (χ2v) is 8.95. The third kappa shape index (κ3) is 11.7. The van der Waals surface area contributed by atoms with Crippen molar-refractivity contribution in [3.8, 4) is 0 Å². The fourth-order valence-corrected chi connectivity index (χ4v) is 3.24. The van der Waals surface area contributed by atoms with Crippen LogP contribution in [0.1, 0.15) is 45.2 Å². The van der Waals surface area contributed by atoms with Gasteiger partial charge in [-0.15, -0.1) is 0 Å². The van der Waals surface area contributed by atoms with Crippen LogP contribution in [0.2, 0.25) is 0 Å². The van der Waals surface area contributed by atoms with Gasteiger partial charge >= 0.3 is 11.9 Å². The van der Waals surface area contributed by atoms with Crippen molar-refractivity contribution in [3.63, 3.8) is 0 Å². The van der Waals surface area contributed by atoms with Crippen molar-refractivity contribution in [3.05, 3.63) is 18.2 Å². The number of imidazole rings is 1. The van der Waals surface area contributed by atoms with E-state index in [2.05, 4.69) is 30.9 Å². The van der Waals surface area contributed by atoms with Crippen LogP contribution in [0.5, 0.6) is 0 Å². The second kappa shape index (κ2) is 15.8. The van der Waals surface area contributed by atoms with Gasteiger partial charge in [-0.1, -0.05) is 13.8 Å². The zero-order valence-corrected chi connectivity index (χ0v) is 21.3. The average Bonchev–Trinajstić information content (AvgIpc) is 3.34. The predicted octanol–water partition coefficient (Wildman–Crippen LogP) is -2.61. The van der Waals surface area contributed by atoms with E-state index in [1.54, 1.807) is 13.8 Å². The summed E-state index contributed by atoms with van der Waals surface area (Å²) in [6, 6.07) is -4.79. The molecule has 16 nitrogen and oxygen atoms in total. The van der Waals surface area contributed by atoms with Crippen LogP contribution in [0.4, 0.5) is 0 Å². The Kier molecular flexibility index (Phi) is 13.2. The number of hydrogen-bond acceptors (Lipinski definition) is 8. The molecule has 4 unspecified atom stereocenters. The number of aromatic nitrogens is 2. The number of guanidine groups is 1. The quantitative estimate of drug-likeness (QED) is 0.0561. The number of carbonyl (C=O) groups is 5. The number of H-pyrrole nitrogens is 1. The van der Waals surface area contributed by atoms with Gasteiger partial charge in [-0.3, -0.25) is 24.2 Å². The minimum absolute atomic E-state index is 0.0942. The Morgan fingerprint density at radius 1 is 0.974 bits per heavy atom. The Bertz CT molecular complexity index is 978. The van der Waals surface area contributed by atoms with Crippen LogP contribution in [0, 0.1) is 5.92 Å². The molecule has 0 bridgehead atoms. The molecule has 1 aromatic heterocycles. The fraction of sp³-hybridized carbons (Fsp3) is 0.591. The Labute approximate surface area is 219 Å². The number of hydrogen-bond donors (Lipinski definition) is 9. The van der Waals surface area contributed by atoms with Crippen molar-refractivity contribution in [2.45, 2.75) is 70.1 Å². The van der Waals surface area contributed by atoms with Crippen LogP contribution in [0.15, 0.2) is 17.5 Å². The number of carbonyl (C=O) groups excluding carboxylic acids is 3. The molecule has 12 N–H and O–H groups in total. The lowest BCUT2D eigenvalue weighted by atomic mass is 10.0. The fourth-order valence-electron chi connectivity index (χ4n) is 3.24. The van der Waals surface area contributed by atoms with Gasteiger partial charge in [-0.25, -0.2) is 9.78 Å². The minimum atomic E-state index is -1.50. The SMILES string of the molecule is CC(C)C(N)C(=O)NC(CCCN=C(N)N)C(=O)NC(Cc1cnc[nH]1)C(=O)NC(CCC(=O)O)C(=O)O. The number of aromatic amines is 1. The maximum atomic E-state index is 13.2. The average molecular weight is 540 g/mol. The summed E-state index contributed by atoms with van der Waals surface area (Å²) in [6.07, 6.45) is 2.24. The summed E-state index contributed by atoms with van der Waals surface area (Å²) in [4.78, 5) is 71.7. The van der Waals surface area contributed by atoms with E-state index in [-0.39, 0.29) is 37.7 Å². The van der Waals surface area contributed by atoms with Crippen molar-refractivity contribution < 1.29 is 34.2 Å². The lowest BCUT2D eigenvalue weighted by molar-refractivity contribution is -0.143. The standard InChI is InChI=1S/C22H37N9O7/c1-11(2)17(23)20(36)29-13(4-3-7-27-22(24)25)18(34)31-15(8-12-9-26-10-28-12)19(35)30-14(21(37)38)5-6-16(32)33/h9-11,13-15,17H,3-8,23H2,1-2H3,(H,26,28)(H,29,36)(H,30,35)(H,31,34)(H,32,33)(H,37,38)(H4,24,25,27). The lowest BCUT2D eigenvalue weighted by Crippen LogP contribution is -2.58. The van der Waals surface area contributed by atoms with Gasteiger partial charge in [0.05, 0.1) is 12.4 Å². The monoisotopic (exact) mass is 539 g/mol. The van der Waals surface area contributed by atoms with Crippen molar-refractivity contribution in [1.82, 2.24) is 25.9 Å². The summed E-state index contributed by atoms with van der Waals surface area (Å²) in [5.41, 5.74) is 17.0. The van der Waals surface area contributed by atoms with Gasteiger partial charge in [-0.2, -0.15) is 0 Å². The van der Waals surface area contributed by atoms with Gasteiger partial charge in [0.1, 0.15) is 18.1 Å². The predicted molar refractivity (Wildman–Crippen MR) is 135 cm³/mol. The van der Waals surface area contributed by atoms with E-state index in [0.717, 1.165) is 0 Å². The summed E-state index contributed by atoms with van der Waals surface area (Å²) in [5.74, 6) is -5.17. The Balaban J connectivity index is 3.10. The second-order valence-electron chi connectivity index (χ2n) is 8.95. The van der Waals surface area contributed by atoms with Crippen molar-refractivity contribution in [2.75, 3.05) is 6.54 Å². The molecular weight excluding hydrogens is 502 g/mol. The van der Waals surface area contributed by atoms with Crippen LogP contribution < -0.4 is 33.2 Å². The smallest absolute Gasteiger partial charge is 0.326 e. The molecule has 0 saturated heterocycles. The number of nitrogens with one attached hydrogen (secondary N) is 4.